The number of aryl methyl sites for hydroxylation is 2. The van der Waals surface area contributed by atoms with Gasteiger partial charge in [-0.05, 0) is 32.6 Å². The third-order valence-corrected chi connectivity index (χ3v) is 3.98. The lowest BCUT2D eigenvalue weighted by Crippen LogP contribution is -2.39. The van der Waals surface area contributed by atoms with Crippen LogP contribution in [0.1, 0.15) is 49.7 Å². The SMILES string of the molecule is Cc1nc(C)c(CC(=O)NC2CCCC(C)C2)c(=O)[nH]1. The van der Waals surface area contributed by atoms with E-state index < -0.39 is 0 Å². The lowest BCUT2D eigenvalue weighted by atomic mass is 9.87. The molecular weight excluding hydrogens is 254 g/mol. The van der Waals surface area contributed by atoms with E-state index in [1.54, 1.807) is 13.8 Å². The van der Waals surface area contributed by atoms with Crippen LogP contribution >= 0.6 is 0 Å². The fourth-order valence-corrected chi connectivity index (χ4v) is 2.96. The molecule has 5 heteroatoms. The Hall–Kier alpha value is -1.65. The molecule has 2 atom stereocenters. The predicted molar refractivity (Wildman–Crippen MR) is 77.6 cm³/mol. The van der Waals surface area contributed by atoms with Crippen molar-refractivity contribution >= 4 is 5.91 Å². The second-order valence-electron chi connectivity index (χ2n) is 5.93. The Bertz CT molecular complexity index is 551. The summed E-state index contributed by atoms with van der Waals surface area (Å²) in [4.78, 5) is 30.8. The molecule has 1 aromatic heterocycles. The van der Waals surface area contributed by atoms with Crippen molar-refractivity contribution in [2.75, 3.05) is 0 Å². The zero-order valence-corrected chi connectivity index (χ0v) is 12.5. The quantitative estimate of drug-likeness (QED) is 0.881. The number of carbonyl (C=O) groups is 1. The van der Waals surface area contributed by atoms with Gasteiger partial charge in [-0.25, -0.2) is 4.98 Å². The van der Waals surface area contributed by atoms with Crippen molar-refractivity contribution in [2.24, 2.45) is 5.92 Å². The highest BCUT2D eigenvalue weighted by Crippen LogP contribution is 2.23. The summed E-state index contributed by atoms with van der Waals surface area (Å²) in [6, 6.07) is 0.254. The van der Waals surface area contributed by atoms with Crippen LogP contribution in [0.25, 0.3) is 0 Å². The molecule has 1 aliphatic rings. The second kappa shape index (κ2) is 6.20. The lowest BCUT2D eigenvalue weighted by Gasteiger charge is -2.27. The van der Waals surface area contributed by atoms with E-state index >= 15 is 0 Å². The first-order chi connectivity index (χ1) is 9.45. The van der Waals surface area contributed by atoms with E-state index in [0.717, 1.165) is 19.3 Å². The summed E-state index contributed by atoms with van der Waals surface area (Å²) in [5.74, 6) is 1.17. The van der Waals surface area contributed by atoms with E-state index in [1.165, 1.54) is 6.42 Å². The molecule has 1 amide bonds. The largest absolute Gasteiger partial charge is 0.353 e. The molecule has 2 unspecified atom stereocenters. The summed E-state index contributed by atoms with van der Waals surface area (Å²) < 4.78 is 0. The van der Waals surface area contributed by atoms with Gasteiger partial charge in [0, 0.05) is 17.3 Å². The lowest BCUT2D eigenvalue weighted by molar-refractivity contribution is -0.121. The van der Waals surface area contributed by atoms with E-state index in [1.807, 2.05) is 0 Å². The van der Waals surface area contributed by atoms with Crippen LogP contribution in [0.3, 0.4) is 0 Å². The van der Waals surface area contributed by atoms with Gasteiger partial charge in [-0.15, -0.1) is 0 Å². The van der Waals surface area contributed by atoms with Crippen molar-refractivity contribution in [1.29, 1.82) is 0 Å². The Labute approximate surface area is 119 Å². The molecule has 0 bridgehead atoms. The van der Waals surface area contributed by atoms with Gasteiger partial charge < -0.3 is 10.3 Å². The van der Waals surface area contributed by atoms with Gasteiger partial charge in [0.15, 0.2) is 0 Å². The van der Waals surface area contributed by atoms with Crippen LogP contribution in [0.2, 0.25) is 0 Å². The Kier molecular flexibility index (Phi) is 4.57. The minimum Gasteiger partial charge on any atom is -0.353 e. The molecule has 1 aromatic rings. The average Bonchev–Trinajstić information content (AvgIpc) is 2.33. The third kappa shape index (κ3) is 3.68. The van der Waals surface area contributed by atoms with Crippen LogP contribution in [0.4, 0.5) is 0 Å². The van der Waals surface area contributed by atoms with Crippen molar-refractivity contribution in [2.45, 2.75) is 58.9 Å². The minimum absolute atomic E-state index is 0.0802. The van der Waals surface area contributed by atoms with E-state index in [2.05, 4.69) is 22.2 Å². The molecule has 0 saturated heterocycles. The van der Waals surface area contributed by atoms with Gasteiger partial charge >= 0.3 is 0 Å². The molecular formula is C15H23N3O2. The topological polar surface area (TPSA) is 74.8 Å². The number of hydrogen-bond donors (Lipinski definition) is 2. The number of rotatable bonds is 3. The van der Waals surface area contributed by atoms with Crippen LogP contribution in [-0.4, -0.2) is 21.9 Å². The molecule has 2 rings (SSSR count). The van der Waals surface area contributed by atoms with E-state index in [-0.39, 0.29) is 23.9 Å². The van der Waals surface area contributed by atoms with Gasteiger partial charge in [0.1, 0.15) is 5.82 Å². The molecule has 110 valence electrons. The van der Waals surface area contributed by atoms with Crippen LogP contribution in [0, 0.1) is 19.8 Å². The minimum atomic E-state index is -0.206. The first kappa shape index (κ1) is 14.8. The van der Waals surface area contributed by atoms with Crippen LogP contribution in [0.5, 0.6) is 0 Å². The number of H-pyrrole nitrogens is 1. The summed E-state index contributed by atoms with van der Waals surface area (Å²) >= 11 is 0. The maximum absolute atomic E-state index is 12.1. The third-order valence-electron chi connectivity index (χ3n) is 3.98. The molecule has 0 aromatic carbocycles. The summed E-state index contributed by atoms with van der Waals surface area (Å²) in [6.45, 7) is 5.73. The van der Waals surface area contributed by atoms with Crippen molar-refractivity contribution in [3.63, 3.8) is 0 Å². The number of aromatic nitrogens is 2. The standard InChI is InChI=1S/C15H23N3O2/c1-9-5-4-6-12(7-9)18-14(19)8-13-10(2)16-11(3)17-15(13)20/h9,12H,4-8H2,1-3H3,(H,18,19)(H,16,17,20). The molecule has 2 N–H and O–H groups in total. The van der Waals surface area contributed by atoms with Gasteiger partial charge in [0.05, 0.1) is 6.42 Å². The van der Waals surface area contributed by atoms with Gasteiger partial charge in [-0.1, -0.05) is 19.8 Å². The van der Waals surface area contributed by atoms with Gasteiger partial charge in [0.2, 0.25) is 5.91 Å². The smallest absolute Gasteiger partial charge is 0.254 e. The molecule has 1 saturated carbocycles. The summed E-state index contributed by atoms with van der Waals surface area (Å²) in [5.41, 5.74) is 0.900. The number of nitrogens with zero attached hydrogens (tertiary/aromatic N) is 1. The van der Waals surface area contributed by atoms with Crippen molar-refractivity contribution in [3.05, 3.63) is 27.4 Å². The molecule has 1 aliphatic carbocycles. The van der Waals surface area contributed by atoms with E-state index in [4.69, 9.17) is 0 Å². The van der Waals surface area contributed by atoms with Crippen LogP contribution in [-0.2, 0) is 11.2 Å². The number of aromatic amines is 1. The van der Waals surface area contributed by atoms with Crippen molar-refractivity contribution in [1.82, 2.24) is 15.3 Å². The normalized spacial score (nSPS) is 22.6. The maximum Gasteiger partial charge on any atom is 0.254 e. The Morgan fingerprint density at radius 2 is 2.15 bits per heavy atom. The maximum atomic E-state index is 12.1. The molecule has 5 nitrogen and oxygen atoms in total. The average molecular weight is 277 g/mol. The summed E-state index contributed by atoms with van der Waals surface area (Å²) in [7, 11) is 0. The Morgan fingerprint density at radius 3 is 2.80 bits per heavy atom. The van der Waals surface area contributed by atoms with Crippen LogP contribution in [0.15, 0.2) is 4.79 Å². The molecule has 0 radical (unpaired) electrons. The number of carbonyl (C=O) groups excluding carboxylic acids is 1. The van der Waals surface area contributed by atoms with Gasteiger partial charge in [0.25, 0.3) is 5.56 Å². The molecule has 1 fully saturated rings. The fraction of sp³-hybridized carbons (Fsp3) is 0.667. The molecule has 0 aliphatic heterocycles. The highest BCUT2D eigenvalue weighted by Gasteiger charge is 2.21. The van der Waals surface area contributed by atoms with Crippen LogP contribution < -0.4 is 10.9 Å². The first-order valence-corrected chi connectivity index (χ1v) is 7.31. The zero-order chi connectivity index (χ0) is 14.7. The summed E-state index contributed by atoms with van der Waals surface area (Å²) in [6.07, 6.45) is 4.59. The highest BCUT2D eigenvalue weighted by molar-refractivity contribution is 5.79. The first-order valence-electron chi connectivity index (χ1n) is 7.31. The zero-order valence-electron chi connectivity index (χ0n) is 12.5. The van der Waals surface area contributed by atoms with Gasteiger partial charge in [-0.3, -0.25) is 9.59 Å². The predicted octanol–water partition coefficient (Wildman–Crippen LogP) is 1.62. The molecule has 0 spiro atoms. The van der Waals surface area contributed by atoms with Gasteiger partial charge in [-0.2, -0.15) is 0 Å². The monoisotopic (exact) mass is 277 g/mol. The number of nitrogens with one attached hydrogen (secondary N) is 2. The summed E-state index contributed by atoms with van der Waals surface area (Å²) in [5, 5.41) is 3.05. The van der Waals surface area contributed by atoms with Crippen molar-refractivity contribution in [3.8, 4) is 0 Å². The molecule has 20 heavy (non-hydrogen) atoms. The second-order valence-corrected chi connectivity index (χ2v) is 5.93. The Balaban J connectivity index is 2.00. The van der Waals surface area contributed by atoms with E-state index in [9.17, 15) is 9.59 Å². The number of hydrogen-bond acceptors (Lipinski definition) is 3. The Morgan fingerprint density at radius 1 is 1.40 bits per heavy atom. The van der Waals surface area contributed by atoms with E-state index in [0.29, 0.717) is 23.0 Å². The van der Waals surface area contributed by atoms with Crippen molar-refractivity contribution < 1.29 is 4.79 Å². The fourth-order valence-electron chi connectivity index (χ4n) is 2.96. The highest BCUT2D eigenvalue weighted by atomic mass is 16.2. The number of amides is 1. The molecule has 1 heterocycles.